The molecule has 1 aromatic rings. The summed E-state index contributed by atoms with van der Waals surface area (Å²) in [6, 6.07) is 6.37. The van der Waals surface area contributed by atoms with Gasteiger partial charge in [0.15, 0.2) is 0 Å². The monoisotopic (exact) mass is 488 g/mol. The van der Waals surface area contributed by atoms with Crippen LogP contribution in [0.25, 0.3) is 0 Å². The first-order valence-electron chi connectivity index (χ1n) is 12.4. The third-order valence-corrected chi connectivity index (χ3v) is 10.8. The fourth-order valence-corrected chi connectivity index (χ4v) is 8.11. The summed E-state index contributed by atoms with van der Waals surface area (Å²) in [6.07, 6.45) is 4.07. The third kappa shape index (κ3) is 3.85. The van der Waals surface area contributed by atoms with Gasteiger partial charge in [-0.05, 0) is 55.1 Å². The van der Waals surface area contributed by atoms with E-state index in [0.717, 1.165) is 31.0 Å². The Labute approximate surface area is 206 Å². The molecule has 1 N–H and O–H groups in total. The Hall–Kier alpha value is -1.66. The average Bonchev–Trinajstić information content (AvgIpc) is 3.17. The zero-order valence-corrected chi connectivity index (χ0v) is 21.5. The molecule has 2 bridgehead atoms. The second kappa shape index (κ2) is 9.09. The SMILES string of the molecule is C=C[C@]1(C)C[C@@H](OC(=O)CSc2ccccc2F)[C@]2(C)C(C)CCC3(CCC(=O)C32)[C@@H](C)[C@@H]1O. The third-order valence-electron chi connectivity index (χ3n) is 9.76. The highest BCUT2D eigenvalue weighted by Crippen LogP contribution is 2.68. The molecule has 0 heterocycles. The van der Waals surface area contributed by atoms with Crippen LogP contribution in [0.15, 0.2) is 41.8 Å². The molecule has 0 amide bonds. The molecular weight excluding hydrogens is 451 g/mol. The molecule has 8 atom stereocenters. The number of Topliss-reactive ketones (excluding diaryl/α,β-unsaturated/α-hetero) is 1. The van der Waals surface area contributed by atoms with Crippen molar-refractivity contribution in [2.45, 2.75) is 76.9 Å². The first kappa shape index (κ1) is 25.4. The van der Waals surface area contributed by atoms with Gasteiger partial charge in [-0.2, -0.15) is 0 Å². The number of carbonyl (C=O) groups is 2. The zero-order valence-electron chi connectivity index (χ0n) is 20.7. The minimum absolute atomic E-state index is 0.0184. The van der Waals surface area contributed by atoms with E-state index in [1.54, 1.807) is 24.3 Å². The number of thioether (sulfide) groups is 1. The lowest BCUT2D eigenvalue weighted by molar-refractivity contribution is -0.205. The van der Waals surface area contributed by atoms with E-state index < -0.39 is 29.0 Å². The predicted molar refractivity (Wildman–Crippen MR) is 132 cm³/mol. The van der Waals surface area contributed by atoms with Crippen LogP contribution in [0.4, 0.5) is 4.39 Å². The number of ketones is 1. The second-order valence-electron chi connectivity index (χ2n) is 11.3. The fourth-order valence-electron chi connectivity index (χ4n) is 7.39. The number of esters is 1. The number of carbonyl (C=O) groups excluding carboxylic acids is 2. The van der Waals surface area contributed by atoms with E-state index in [9.17, 15) is 19.1 Å². The second-order valence-corrected chi connectivity index (χ2v) is 12.3. The number of aliphatic hydroxyl groups is 1. The summed E-state index contributed by atoms with van der Waals surface area (Å²) in [6.45, 7) is 12.4. The van der Waals surface area contributed by atoms with E-state index >= 15 is 0 Å². The van der Waals surface area contributed by atoms with Gasteiger partial charge in [0.05, 0.1) is 11.9 Å². The van der Waals surface area contributed by atoms with Crippen molar-refractivity contribution >= 4 is 23.5 Å². The summed E-state index contributed by atoms with van der Waals surface area (Å²) in [5.41, 5.74) is -1.50. The Morgan fingerprint density at radius 3 is 2.68 bits per heavy atom. The molecule has 3 saturated carbocycles. The molecule has 0 spiro atoms. The molecule has 3 unspecified atom stereocenters. The average molecular weight is 489 g/mol. The normalized spacial score (nSPS) is 41.8. The molecule has 4 nitrogen and oxygen atoms in total. The summed E-state index contributed by atoms with van der Waals surface area (Å²) < 4.78 is 20.2. The minimum atomic E-state index is -0.689. The van der Waals surface area contributed by atoms with Gasteiger partial charge in [0.1, 0.15) is 17.7 Å². The molecule has 4 rings (SSSR count). The Balaban J connectivity index is 1.69. The number of hydrogen-bond donors (Lipinski definition) is 1. The quantitative estimate of drug-likeness (QED) is 0.321. The van der Waals surface area contributed by atoms with Crippen molar-refractivity contribution in [2.75, 3.05) is 5.75 Å². The van der Waals surface area contributed by atoms with E-state index in [1.165, 1.54) is 6.07 Å². The minimum Gasteiger partial charge on any atom is -0.461 e. The lowest BCUT2D eigenvalue weighted by atomic mass is 9.44. The van der Waals surface area contributed by atoms with Gasteiger partial charge in [-0.3, -0.25) is 9.59 Å². The van der Waals surface area contributed by atoms with Gasteiger partial charge in [-0.25, -0.2) is 4.39 Å². The van der Waals surface area contributed by atoms with Gasteiger partial charge in [0.2, 0.25) is 0 Å². The molecule has 1 aromatic carbocycles. The molecule has 0 saturated heterocycles. The first-order valence-corrected chi connectivity index (χ1v) is 13.4. The van der Waals surface area contributed by atoms with Crippen LogP contribution < -0.4 is 0 Å². The summed E-state index contributed by atoms with van der Waals surface area (Å²) in [7, 11) is 0. The largest absolute Gasteiger partial charge is 0.461 e. The summed E-state index contributed by atoms with van der Waals surface area (Å²) >= 11 is 1.12. The number of ether oxygens (including phenoxy) is 1. The van der Waals surface area contributed by atoms with Crippen molar-refractivity contribution < 1.29 is 23.8 Å². The van der Waals surface area contributed by atoms with E-state index in [4.69, 9.17) is 4.74 Å². The van der Waals surface area contributed by atoms with Crippen LogP contribution in [0, 0.1) is 39.8 Å². The van der Waals surface area contributed by atoms with Crippen LogP contribution >= 0.6 is 11.8 Å². The highest BCUT2D eigenvalue weighted by molar-refractivity contribution is 8.00. The molecule has 0 aromatic heterocycles. The Kier molecular flexibility index (Phi) is 6.80. The topological polar surface area (TPSA) is 63.6 Å². The Morgan fingerprint density at radius 2 is 2.00 bits per heavy atom. The smallest absolute Gasteiger partial charge is 0.316 e. The lowest BCUT2D eigenvalue weighted by Crippen LogP contribution is -2.63. The van der Waals surface area contributed by atoms with Gasteiger partial charge in [-0.1, -0.05) is 45.9 Å². The summed E-state index contributed by atoms with van der Waals surface area (Å²) in [4.78, 5) is 26.9. The van der Waals surface area contributed by atoms with Crippen LogP contribution in [-0.2, 0) is 14.3 Å². The van der Waals surface area contributed by atoms with Crippen LogP contribution in [-0.4, -0.2) is 34.8 Å². The van der Waals surface area contributed by atoms with E-state index in [1.807, 2.05) is 6.92 Å². The van der Waals surface area contributed by atoms with Crippen molar-refractivity contribution in [1.29, 1.82) is 0 Å². The number of halogens is 1. The molecule has 6 heteroatoms. The van der Waals surface area contributed by atoms with Gasteiger partial charge in [0.25, 0.3) is 0 Å². The number of aliphatic hydroxyl groups excluding tert-OH is 1. The van der Waals surface area contributed by atoms with Crippen molar-refractivity contribution in [3.63, 3.8) is 0 Å². The molecule has 0 aliphatic heterocycles. The van der Waals surface area contributed by atoms with Crippen molar-refractivity contribution in [3.8, 4) is 0 Å². The molecule has 186 valence electrons. The standard InChI is InChI=1S/C28H37FO4S/c1-6-26(4)15-22(33-23(31)16-34-21-10-8-7-9-19(21)29)27(5)17(2)11-13-28(18(3)25(26)32)14-12-20(30)24(27)28/h6-10,17-18,22,24-25,32H,1,11-16H2,2-5H3/t17?,18-,22+,24?,25-,26+,27-,28?/m0/s1. The van der Waals surface area contributed by atoms with Crippen LogP contribution in [0.3, 0.4) is 0 Å². The van der Waals surface area contributed by atoms with Gasteiger partial charge in [-0.15, -0.1) is 18.3 Å². The Bertz CT molecular complexity index is 981. The van der Waals surface area contributed by atoms with E-state index in [-0.39, 0.29) is 40.5 Å². The summed E-state index contributed by atoms with van der Waals surface area (Å²) in [5.74, 6) is -0.709. The molecule has 3 fully saturated rings. The molecule has 3 aliphatic carbocycles. The molecule has 3 aliphatic rings. The van der Waals surface area contributed by atoms with Crippen molar-refractivity contribution in [3.05, 3.63) is 42.7 Å². The maximum atomic E-state index is 14.0. The summed E-state index contributed by atoms with van der Waals surface area (Å²) in [5, 5.41) is 11.6. The van der Waals surface area contributed by atoms with Crippen molar-refractivity contribution in [1.82, 2.24) is 0 Å². The first-order chi connectivity index (χ1) is 16.0. The van der Waals surface area contributed by atoms with E-state index in [2.05, 4.69) is 27.4 Å². The number of rotatable bonds is 5. The lowest BCUT2D eigenvalue weighted by Gasteiger charge is -2.61. The van der Waals surface area contributed by atoms with Crippen LogP contribution in [0.1, 0.15) is 59.8 Å². The maximum absolute atomic E-state index is 14.0. The van der Waals surface area contributed by atoms with Gasteiger partial charge < -0.3 is 9.84 Å². The zero-order chi connectivity index (χ0) is 24.9. The number of benzene rings is 1. The fraction of sp³-hybridized carbons (Fsp3) is 0.643. The molecular formula is C28H37FO4S. The predicted octanol–water partition coefficient (Wildman–Crippen LogP) is 5.82. The highest BCUT2D eigenvalue weighted by Gasteiger charge is 2.68. The molecule has 34 heavy (non-hydrogen) atoms. The van der Waals surface area contributed by atoms with Gasteiger partial charge >= 0.3 is 5.97 Å². The van der Waals surface area contributed by atoms with E-state index in [0.29, 0.717) is 17.7 Å². The van der Waals surface area contributed by atoms with Gasteiger partial charge in [0, 0.05) is 28.1 Å². The maximum Gasteiger partial charge on any atom is 0.316 e. The highest BCUT2D eigenvalue weighted by atomic mass is 32.2. The van der Waals surface area contributed by atoms with Crippen LogP contribution in [0.2, 0.25) is 0 Å². The molecule has 0 radical (unpaired) electrons. The number of hydrogen-bond acceptors (Lipinski definition) is 5. The Morgan fingerprint density at radius 1 is 1.29 bits per heavy atom. The van der Waals surface area contributed by atoms with Crippen molar-refractivity contribution in [2.24, 2.45) is 34.0 Å². The van der Waals surface area contributed by atoms with Crippen LogP contribution in [0.5, 0.6) is 0 Å².